The minimum absolute atomic E-state index is 0.0640. The number of nitrogens with one attached hydrogen (secondary N) is 1. The Hall–Kier alpha value is -2.30. The Morgan fingerprint density at radius 1 is 1.38 bits per heavy atom. The highest BCUT2D eigenvalue weighted by atomic mass is 16.2. The van der Waals surface area contributed by atoms with Crippen LogP contribution in [0.1, 0.15) is 26.3 Å². The molecule has 0 aliphatic heterocycles. The highest BCUT2D eigenvalue weighted by molar-refractivity contribution is 5.94. The maximum atomic E-state index is 12.1. The molecule has 0 unspecified atom stereocenters. The Morgan fingerprint density at radius 3 is 2.67 bits per heavy atom. The second-order valence-electron chi connectivity index (χ2n) is 5.08. The topological polar surface area (TPSA) is 75.4 Å². The standard InChI is InChI=1S/C16H23N3O2/c1-4-19(11-15(20)18-12(2)3)16(21)9-8-13-6-5-7-14(17)10-13/h5-10,12H,4,11,17H2,1-3H3,(H,18,20)/b9-8+. The van der Waals surface area contributed by atoms with Crippen LogP contribution >= 0.6 is 0 Å². The minimum atomic E-state index is -0.196. The summed E-state index contributed by atoms with van der Waals surface area (Å²) in [5, 5.41) is 2.77. The number of anilines is 1. The fourth-order valence-corrected chi connectivity index (χ4v) is 1.82. The zero-order valence-corrected chi connectivity index (χ0v) is 12.8. The minimum Gasteiger partial charge on any atom is -0.399 e. The van der Waals surface area contributed by atoms with Gasteiger partial charge in [-0.2, -0.15) is 0 Å². The summed E-state index contributed by atoms with van der Waals surface area (Å²) in [6, 6.07) is 7.32. The molecule has 0 fully saturated rings. The number of amides is 2. The first-order valence-electron chi connectivity index (χ1n) is 7.04. The summed E-state index contributed by atoms with van der Waals surface area (Å²) in [5.74, 6) is -0.351. The second kappa shape index (κ2) is 8.09. The Kier molecular flexibility index (Phi) is 6.46. The van der Waals surface area contributed by atoms with Gasteiger partial charge in [-0.25, -0.2) is 0 Å². The number of hydrogen-bond donors (Lipinski definition) is 2. The van der Waals surface area contributed by atoms with Crippen LogP contribution in [0.15, 0.2) is 30.3 Å². The van der Waals surface area contributed by atoms with Crippen molar-refractivity contribution in [2.45, 2.75) is 26.8 Å². The molecular formula is C16H23N3O2. The molecule has 5 nitrogen and oxygen atoms in total. The summed E-state index contributed by atoms with van der Waals surface area (Å²) in [6.45, 7) is 6.15. The average molecular weight is 289 g/mol. The molecule has 0 heterocycles. The molecule has 1 aromatic carbocycles. The van der Waals surface area contributed by atoms with Gasteiger partial charge in [-0.1, -0.05) is 12.1 Å². The van der Waals surface area contributed by atoms with Crippen LogP contribution in [0.3, 0.4) is 0 Å². The van der Waals surface area contributed by atoms with Crippen molar-refractivity contribution in [2.24, 2.45) is 0 Å². The molecule has 21 heavy (non-hydrogen) atoms. The normalized spacial score (nSPS) is 10.9. The molecule has 114 valence electrons. The first-order chi connectivity index (χ1) is 9.92. The van der Waals surface area contributed by atoms with E-state index < -0.39 is 0 Å². The van der Waals surface area contributed by atoms with Gasteiger partial charge in [-0.3, -0.25) is 9.59 Å². The lowest BCUT2D eigenvalue weighted by Gasteiger charge is -2.19. The van der Waals surface area contributed by atoms with Crippen molar-refractivity contribution in [3.63, 3.8) is 0 Å². The fraction of sp³-hybridized carbons (Fsp3) is 0.375. The molecule has 0 aromatic heterocycles. The zero-order chi connectivity index (χ0) is 15.8. The van der Waals surface area contributed by atoms with E-state index in [1.807, 2.05) is 32.9 Å². The smallest absolute Gasteiger partial charge is 0.247 e. The van der Waals surface area contributed by atoms with Crippen molar-refractivity contribution in [2.75, 3.05) is 18.8 Å². The number of nitrogen functional groups attached to an aromatic ring is 1. The molecular weight excluding hydrogens is 266 g/mol. The summed E-state index contributed by atoms with van der Waals surface area (Å²) in [4.78, 5) is 25.3. The van der Waals surface area contributed by atoms with Gasteiger partial charge in [0.05, 0.1) is 6.54 Å². The predicted octanol–water partition coefficient (Wildman–Crippen LogP) is 1.66. The quantitative estimate of drug-likeness (QED) is 0.617. The molecule has 5 heteroatoms. The lowest BCUT2D eigenvalue weighted by atomic mass is 10.2. The number of nitrogens with zero attached hydrogens (tertiary/aromatic N) is 1. The number of hydrogen-bond acceptors (Lipinski definition) is 3. The van der Waals surface area contributed by atoms with E-state index in [-0.39, 0.29) is 24.4 Å². The lowest BCUT2D eigenvalue weighted by Crippen LogP contribution is -2.42. The van der Waals surface area contributed by atoms with Gasteiger partial charge in [0.2, 0.25) is 11.8 Å². The predicted molar refractivity (Wildman–Crippen MR) is 85.4 cm³/mol. The van der Waals surface area contributed by atoms with Crippen molar-refractivity contribution in [1.29, 1.82) is 0 Å². The van der Waals surface area contributed by atoms with Gasteiger partial charge in [-0.05, 0) is 44.5 Å². The van der Waals surface area contributed by atoms with Crippen LogP contribution < -0.4 is 11.1 Å². The maximum Gasteiger partial charge on any atom is 0.247 e. The van der Waals surface area contributed by atoms with Gasteiger partial charge in [-0.15, -0.1) is 0 Å². The van der Waals surface area contributed by atoms with E-state index in [2.05, 4.69) is 5.32 Å². The van der Waals surface area contributed by atoms with Gasteiger partial charge in [0.1, 0.15) is 0 Å². The van der Waals surface area contributed by atoms with Crippen LogP contribution in [-0.4, -0.2) is 35.8 Å². The van der Waals surface area contributed by atoms with Crippen LogP contribution in [0, 0.1) is 0 Å². The molecule has 3 N–H and O–H groups in total. The molecule has 0 saturated carbocycles. The molecule has 0 atom stereocenters. The fourth-order valence-electron chi connectivity index (χ4n) is 1.82. The Bertz CT molecular complexity index is 524. The maximum absolute atomic E-state index is 12.1. The molecule has 0 radical (unpaired) electrons. The number of carbonyl (C=O) groups excluding carboxylic acids is 2. The van der Waals surface area contributed by atoms with Crippen molar-refractivity contribution in [1.82, 2.24) is 10.2 Å². The number of rotatable bonds is 6. The third-order valence-corrected chi connectivity index (χ3v) is 2.81. The van der Waals surface area contributed by atoms with Crippen molar-refractivity contribution in [3.8, 4) is 0 Å². The van der Waals surface area contributed by atoms with E-state index >= 15 is 0 Å². The SMILES string of the molecule is CCN(CC(=O)NC(C)C)C(=O)/C=C/c1cccc(N)c1. The molecule has 1 rings (SSSR count). The molecule has 0 saturated heterocycles. The largest absolute Gasteiger partial charge is 0.399 e. The Balaban J connectivity index is 2.64. The van der Waals surface area contributed by atoms with E-state index in [9.17, 15) is 9.59 Å². The third-order valence-electron chi connectivity index (χ3n) is 2.81. The number of carbonyl (C=O) groups is 2. The molecule has 2 amide bonds. The number of benzene rings is 1. The van der Waals surface area contributed by atoms with E-state index in [1.165, 1.54) is 11.0 Å². The van der Waals surface area contributed by atoms with E-state index in [1.54, 1.807) is 18.2 Å². The summed E-state index contributed by atoms with van der Waals surface area (Å²) < 4.78 is 0. The van der Waals surface area contributed by atoms with Crippen molar-refractivity contribution < 1.29 is 9.59 Å². The summed E-state index contributed by atoms with van der Waals surface area (Å²) >= 11 is 0. The van der Waals surface area contributed by atoms with Crippen LogP contribution in [-0.2, 0) is 9.59 Å². The van der Waals surface area contributed by atoms with Gasteiger partial charge in [0.15, 0.2) is 0 Å². The van der Waals surface area contributed by atoms with E-state index in [4.69, 9.17) is 5.73 Å². The van der Waals surface area contributed by atoms with E-state index in [0.717, 1.165) is 5.56 Å². The molecule has 0 aliphatic rings. The third kappa shape index (κ3) is 6.12. The van der Waals surface area contributed by atoms with Crippen molar-refractivity contribution in [3.05, 3.63) is 35.9 Å². The van der Waals surface area contributed by atoms with Crippen LogP contribution in [0.4, 0.5) is 5.69 Å². The first kappa shape index (κ1) is 16.8. The molecule has 1 aromatic rings. The molecule has 0 aliphatic carbocycles. The Morgan fingerprint density at radius 2 is 2.10 bits per heavy atom. The summed E-state index contributed by atoms with van der Waals surface area (Å²) in [5.41, 5.74) is 7.18. The van der Waals surface area contributed by atoms with Crippen LogP contribution in [0.25, 0.3) is 6.08 Å². The van der Waals surface area contributed by atoms with Crippen molar-refractivity contribution >= 4 is 23.6 Å². The molecule has 0 spiro atoms. The molecule has 0 bridgehead atoms. The number of likely N-dealkylation sites (N-methyl/N-ethyl adjacent to an activating group) is 1. The monoisotopic (exact) mass is 289 g/mol. The van der Waals surface area contributed by atoms with Crippen LogP contribution in [0.5, 0.6) is 0 Å². The lowest BCUT2D eigenvalue weighted by molar-refractivity contribution is -0.132. The van der Waals surface area contributed by atoms with Gasteiger partial charge < -0.3 is 16.0 Å². The average Bonchev–Trinajstić information content (AvgIpc) is 2.41. The summed E-state index contributed by atoms with van der Waals surface area (Å²) in [7, 11) is 0. The van der Waals surface area contributed by atoms with Crippen LogP contribution in [0.2, 0.25) is 0 Å². The second-order valence-corrected chi connectivity index (χ2v) is 5.08. The number of nitrogens with two attached hydrogens (primary N) is 1. The highest BCUT2D eigenvalue weighted by Gasteiger charge is 2.13. The zero-order valence-electron chi connectivity index (χ0n) is 12.8. The van der Waals surface area contributed by atoms with Gasteiger partial charge >= 0.3 is 0 Å². The highest BCUT2D eigenvalue weighted by Crippen LogP contribution is 2.08. The van der Waals surface area contributed by atoms with E-state index in [0.29, 0.717) is 12.2 Å². The Labute approximate surface area is 125 Å². The summed E-state index contributed by atoms with van der Waals surface area (Å²) in [6.07, 6.45) is 3.16. The van der Waals surface area contributed by atoms with Gasteiger partial charge in [0, 0.05) is 24.4 Å². The van der Waals surface area contributed by atoms with Gasteiger partial charge in [0.25, 0.3) is 0 Å². The first-order valence-corrected chi connectivity index (χ1v) is 7.04.